The number of benzene rings is 1. The summed E-state index contributed by atoms with van der Waals surface area (Å²) in [5, 5.41) is 44.5. The van der Waals surface area contributed by atoms with Crippen molar-refractivity contribution < 1.29 is 14.9 Å². The topological polar surface area (TPSA) is 127 Å². The van der Waals surface area contributed by atoms with E-state index in [1.165, 1.54) is 12.1 Å². The van der Waals surface area contributed by atoms with E-state index in [0.29, 0.717) is 11.1 Å². The molecule has 1 aromatic carbocycles. The molecule has 12 heteroatoms. The Kier molecular flexibility index (Phi) is 5.48. The second-order valence-corrected chi connectivity index (χ2v) is 7.60. The van der Waals surface area contributed by atoms with Crippen LogP contribution in [0.5, 0.6) is 11.6 Å². The third kappa shape index (κ3) is 4.09. The van der Waals surface area contributed by atoms with Gasteiger partial charge in [0.15, 0.2) is 22.8 Å². The molecular weight excluding hydrogens is 443 g/mol. The van der Waals surface area contributed by atoms with Gasteiger partial charge < -0.3 is 14.9 Å². The van der Waals surface area contributed by atoms with Gasteiger partial charge in [0.2, 0.25) is 12.2 Å². The van der Waals surface area contributed by atoms with E-state index >= 15 is 0 Å². The molecule has 150 valence electrons. The molecule has 0 bridgehead atoms. The minimum atomic E-state index is -1.40. The highest BCUT2D eigenvalue weighted by Crippen LogP contribution is 2.44. The highest BCUT2D eigenvalue weighted by molar-refractivity contribution is 6.37. The number of rotatable bonds is 4. The van der Waals surface area contributed by atoms with E-state index in [2.05, 4.69) is 20.6 Å². The van der Waals surface area contributed by atoms with Crippen molar-refractivity contribution in [1.82, 2.24) is 15.5 Å². The van der Waals surface area contributed by atoms with Gasteiger partial charge in [-0.05, 0) is 36.5 Å². The van der Waals surface area contributed by atoms with Crippen LogP contribution >= 0.6 is 34.8 Å². The molecule has 2 aliphatic rings. The maximum atomic E-state index is 10.1. The fourth-order valence-electron chi connectivity index (χ4n) is 2.78. The van der Waals surface area contributed by atoms with E-state index in [4.69, 9.17) is 44.8 Å². The number of hydrogen-bond acceptors (Lipinski definition) is 9. The summed E-state index contributed by atoms with van der Waals surface area (Å²) >= 11 is 18.7. The molecule has 0 spiro atoms. The van der Waals surface area contributed by atoms with Crippen LogP contribution in [-0.2, 0) is 0 Å². The van der Waals surface area contributed by atoms with Gasteiger partial charge in [-0.2, -0.15) is 10.4 Å². The van der Waals surface area contributed by atoms with E-state index in [1.807, 2.05) is 0 Å². The lowest BCUT2D eigenvalue weighted by molar-refractivity contribution is 0.0631. The van der Waals surface area contributed by atoms with Crippen LogP contribution in [0.1, 0.15) is 24.3 Å². The molecule has 1 fully saturated rings. The molecule has 2 unspecified atom stereocenters. The van der Waals surface area contributed by atoms with Gasteiger partial charge in [0.25, 0.3) is 0 Å². The molecule has 1 aliphatic carbocycles. The van der Waals surface area contributed by atoms with Crippen LogP contribution in [0.4, 0.5) is 5.69 Å². The molecule has 1 saturated carbocycles. The van der Waals surface area contributed by atoms with Crippen molar-refractivity contribution in [3.63, 3.8) is 0 Å². The first-order valence-corrected chi connectivity index (χ1v) is 9.60. The zero-order valence-corrected chi connectivity index (χ0v) is 16.8. The highest BCUT2D eigenvalue weighted by atomic mass is 35.5. The van der Waals surface area contributed by atoms with Gasteiger partial charge in [-0.3, -0.25) is 0 Å². The summed E-state index contributed by atoms with van der Waals surface area (Å²) in [6, 6.07) is 6.32. The summed E-state index contributed by atoms with van der Waals surface area (Å²) in [6.45, 7) is 0. The average Bonchev–Trinajstić information content (AvgIpc) is 3.51. The third-order valence-electron chi connectivity index (χ3n) is 4.35. The van der Waals surface area contributed by atoms with Crippen LogP contribution < -0.4 is 15.1 Å². The summed E-state index contributed by atoms with van der Waals surface area (Å²) in [7, 11) is 0. The van der Waals surface area contributed by atoms with Gasteiger partial charge in [0.1, 0.15) is 6.07 Å². The first-order chi connectivity index (χ1) is 13.9. The molecule has 2 atom stereocenters. The van der Waals surface area contributed by atoms with Crippen LogP contribution in [0.3, 0.4) is 0 Å². The van der Waals surface area contributed by atoms with Crippen LogP contribution in [-0.4, -0.2) is 38.7 Å². The number of aromatic nitrogens is 2. The van der Waals surface area contributed by atoms with Gasteiger partial charge in [0, 0.05) is 6.07 Å². The first kappa shape index (κ1) is 20.1. The first-order valence-electron chi connectivity index (χ1n) is 8.47. The van der Waals surface area contributed by atoms with Crippen molar-refractivity contribution in [2.75, 3.05) is 5.01 Å². The molecule has 2 aromatic rings. The highest BCUT2D eigenvalue weighted by Gasteiger charge is 2.30. The molecule has 3 N–H and O–H groups in total. The Balaban J connectivity index is 1.64. The lowest BCUT2D eigenvalue weighted by Crippen LogP contribution is -2.55. The van der Waals surface area contributed by atoms with Crippen molar-refractivity contribution >= 4 is 46.2 Å². The number of nitriles is 1. The molecule has 1 aromatic heterocycles. The van der Waals surface area contributed by atoms with Crippen LogP contribution in [0.25, 0.3) is 0 Å². The summed E-state index contributed by atoms with van der Waals surface area (Å²) in [5.41, 5.74) is 0.903. The van der Waals surface area contributed by atoms with Crippen LogP contribution in [0.2, 0.25) is 15.2 Å². The van der Waals surface area contributed by atoms with E-state index < -0.39 is 12.6 Å². The van der Waals surface area contributed by atoms with Gasteiger partial charge in [-0.15, -0.1) is 10.2 Å². The Morgan fingerprint density at radius 1 is 1.14 bits per heavy atom. The molecule has 29 heavy (non-hydrogen) atoms. The quantitative estimate of drug-likeness (QED) is 0.642. The number of nitrogens with one attached hydrogen (secondary N) is 1. The Bertz CT molecular complexity index is 1020. The summed E-state index contributed by atoms with van der Waals surface area (Å²) in [5.74, 6) is 0.684. The predicted octanol–water partition coefficient (Wildman–Crippen LogP) is 2.99. The zero-order valence-electron chi connectivity index (χ0n) is 14.6. The molecule has 9 nitrogen and oxygen atoms in total. The number of ether oxygens (including phenoxy) is 1. The largest absolute Gasteiger partial charge is 0.434 e. The average molecular weight is 456 g/mol. The normalized spacial score (nSPS) is 21.5. The van der Waals surface area contributed by atoms with Gasteiger partial charge in [-0.25, -0.2) is 10.3 Å². The lowest BCUT2D eigenvalue weighted by atomic mass is 10.2. The summed E-state index contributed by atoms with van der Waals surface area (Å²) in [4.78, 5) is 0. The summed E-state index contributed by atoms with van der Waals surface area (Å²) in [6.07, 6.45) is -0.714. The Hall–Kier alpha value is -2.19. The number of halogens is 3. The number of aliphatic hydroxyl groups is 2. The lowest BCUT2D eigenvalue weighted by Gasteiger charge is -2.32. The third-order valence-corrected chi connectivity index (χ3v) is 5.21. The molecular formula is C17H13Cl3N6O3. The Labute approximate surface area is 180 Å². The van der Waals surface area contributed by atoms with Crippen molar-refractivity contribution in [3.8, 4) is 17.7 Å². The SMILES string of the molecule is N#CC1=NN(c2cc(Cl)c(Oc3cc(C4CC4)c(Cl)nn3)c(Cl)c2)C(O)NC1O. The van der Waals surface area contributed by atoms with E-state index in [9.17, 15) is 10.2 Å². The molecule has 2 heterocycles. The van der Waals surface area contributed by atoms with Crippen molar-refractivity contribution in [2.45, 2.75) is 31.3 Å². The minimum Gasteiger partial charge on any atom is -0.434 e. The van der Waals surface area contributed by atoms with Crippen molar-refractivity contribution in [3.05, 3.63) is 39.0 Å². The van der Waals surface area contributed by atoms with Gasteiger partial charge in [0.05, 0.1) is 15.7 Å². The number of hydrogen-bond donors (Lipinski definition) is 3. The predicted molar refractivity (Wildman–Crippen MR) is 106 cm³/mol. The van der Waals surface area contributed by atoms with Crippen molar-refractivity contribution in [1.29, 1.82) is 5.26 Å². The zero-order chi connectivity index (χ0) is 20.7. The number of nitrogens with zero attached hydrogens (tertiary/aromatic N) is 5. The smallest absolute Gasteiger partial charge is 0.239 e. The van der Waals surface area contributed by atoms with E-state index in [-0.39, 0.29) is 33.1 Å². The Morgan fingerprint density at radius 3 is 2.45 bits per heavy atom. The van der Waals surface area contributed by atoms with Crippen LogP contribution in [0, 0.1) is 11.3 Å². The van der Waals surface area contributed by atoms with E-state index in [1.54, 1.807) is 12.1 Å². The number of anilines is 1. The standard InChI is InChI=1S/C17H13Cl3N6O3/c18-10-3-8(26-17(28)22-16(27)12(6-21)25-26)4-11(19)14(10)29-13-5-9(7-1-2-7)15(20)24-23-13/h3-5,7,16-17,22,27-28H,1-2H2. The van der Waals surface area contributed by atoms with Crippen LogP contribution in [0.15, 0.2) is 23.3 Å². The summed E-state index contributed by atoms with van der Waals surface area (Å²) < 4.78 is 5.72. The molecule has 0 radical (unpaired) electrons. The molecule has 0 saturated heterocycles. The van der Waals surface area contributed by atoms with E-state index in [0.717, 1.165) is 23.4 Å². The molecule has 1 aliphatic heterocycles. The number of hydrazone groups is 1. The Morgan fingerprint density at radius 2 is 1.83 bits per heavy atom. The second kappa shape index (κ2) is 7.91. The fourth-order valence-corrected chi connectivity index (χ4v) is 3.58. The fraction of sp³-hybridized carbons (Fsp3) is 0.294. The van der Waals surface area contributed by atoms with Gasteiger partial charge >= 0.3 is 0 Å². The molecule has 0 amide bonds. The maximum absolute atomic E-state index is 10.1. The maximum Gasteiger partial charge on any atom is 0.239 e. The van der Waals surface area contributed by atoms with Crippen molar-refractivity contribution in [2.24, 2.45) is 5.10 Å². The second-order valence-electron chi connectivity index (χ2n) is 6.43. The minimum absolute atomic E-state index is 0.115. The number of aliphatic hydroxyl groups excluding tert-OH is 2. The molecule has 4 rings (SSSR count). The monoisotopic (exact) mass is 454 g/mol. The van der Waals surface area contributed by atoms with Gasteiger partial charge in [-0.1, -0.05) is 34.8 Å².